The summed E-state index contributed by atoms with van der Waals surface area (Å²) in [6.07, 6.45) is 0. The predicted molar refractivity (Wildman–Crippen MR) is 84.7 cm³/mol. The van der Waals surface area contributed by atoms with Crippen molar-refractivity contribution >= 4 is 11.7 Å². The maximum absolute atomic E-state index is 11.9. The number of nitro groups is 1. The molecule has 0 heterocycles. The van der Waals surface area contributed by atoms with Crippen LogP contribution in [0.2, 0.25) is 0 Å². The second-order valence-corrected chi connectivity index (χ2v) is 5.15. The van der Waals surface area contributed by atoms with Crippen molar-refractivity contribution in [2.45, 2.75) is 19.4 Å². The molecule has 2 aromatic carbocycles. The number of aliphatic hydroxyl groups is 1. The van der Waals surface area contributed by atoms with Crippen LogP contribution >= 0.6 is 0 Å². The topological polar surface area (TPSA) is 89.7 Å². The highest BCUT2D eigenvalue weighted by atomic mass is 16.6. The van der Waals surface area contributed by atoms with Gasteiger partial charge in [0.1, 0.15) is 0 Å². The Morgan fingerprint density at radius 3 is 2.43 bits per heavy atom. The van der Waals surface area contributed by atoms with E-state index in [-0.39, 0.29) is 17.9 Å². The van der Waals surface area contributed by atoms with E-state index in [1.807, 2.05) is 30.3 Å². The summed E-state index contributed by atoms with van der Waals surface area (Å²) < 4.78 is 4.80. The zero-order valence-corrected chi connectivity index (χ0v) is 12.9. The first-order valence-electron chi connectivity index (χ1n) is 7.12. The summed E-state index contributed by atoms with van der Waals surface area (Å²) in [7, 11) is 0. The average molecular weight is 315 g/mol. The number of nitro benzene ring substituents is 1. The fourth-order valence-electron chi connectivity index (χ4n) is 2.29. The van der Waals surface area contributed by atoms with E-state index in [2.05, 4.69) is 0 Å². The van der Waals surface area contributed by atoms with E-state index >= 15 is 0 Å². The molecule has 0 aromatic heterocycles. The third-order valence-electron chi connectivity index (χ3n) is 3.50. The molecular weight excluding hydrogens is 298 g/mol. The highest BCUT2D eigenvalue weighted by Gasteiger charge is 2.39. The van der Waals surface area contributed by atoms with Crippen molar-refractivity contribution in [3.8, 4) is 11.1 Å². The lowest BCUT2D eigenvalue weighted by Crippen LogP contribution is -2.34. The second kappa shape index (κ2) is 6.58. The van der Waals surface area contributed by atoms with E-state index in [1.54, 1.807) is 13.0 Å². The fraction of sp³-hybridized carbons (Fsp3) is 0.235. The Bertz CT molecular complexity index is 725. The number of carbonyl (C=O) groups excluding carboxylic acids is 1. The smallest absolute Gasteiger partial charge is 0.342 e. The van der Waals surface area contributed by atoms with Crippen LogP contribution in [0.5, 0.6) is 0 Å². The summed E-state index contributed by atoms with van der Waals surface area (Å²) in [6, 6.07) is 13.5. The molecule has 2 aromatic rings. The molecule has 0 bridgehead atoms. The maximum Gasteiger partial charge on any atom is 0.342 e. The largest absolute Gasteiger partial charge is 0.464 e. The van der Waals surface area contributed by atoms with Crippen molar-refractivity contribution in [3.63, 3.8) is 0 Å². The molecule has 120 valence electrons. The quantitative estimate of drug-likeness (QED) is 0.520. The molecule has 0 amide bonds. The van der Waals surface area contributed by atoms with Gasteiger partial charge < -0.3 is 9.84 Å². The molecule has 6 nitrogen and oxygen atoms in total. The van der Waals surface area contributed by atoms with Gasteiger partial charge in [0, 0.05) is 6.07 Å². The van der Waals surface area contributed by atoms with E-state index in [9.17, 15) is 20.0 Å². The highest BCUT2D eigenvalue weighted by molar-refractivity contribution is 5.83. The van der Waals surface area contributed by atoms with Gasteiger partial charge in [-0.1, -0.05) is 36.4 Å². The van der Waals surface area contributed by atoms with Crippen LogP contribution in [0.4, 0.5) is 5.69 Å². The monoisotopic (exact) mass is 315 g/mol. The van der Waals surface area contributed by atoms with Gasteiger partial charge in [-0.2, -0.15) is 0 Å². The minimum Gasteiger partial charge on any atom is -0.464 e. The Labute approximate surface area is 133 Å². The molecule has 0 aliphatic carbocycles. The maximum atomic E-state index is 11.9. The number of hydrogen-bond donors (Lipinski definition) is 1. The lowest BCUT2D eigenvalue weighted by Gasteiger charge is -2.21. The van der Waals surface area contributed by atoms with Gasteiger partial charge in [0.2, 0.25) is 0 Å². The molecule has 0 aliphatic heterocycles. The van der Waals surface area contributed by atoms with Gasteiger partial charge in [-0.25, -0.2) is 4.79 Å². The van der Waals surface area contributed by atoms with E-state index < -0.39 is 16.5 Å². The first kappa shape index (κ1) is 16.6. The van der Waals surface area contributed by atoms with Crippen molar-refractivity contribution in [3.05, 3.63) is 64.2 Å². The van der Waals surface area contributed by atoms with E-state index in [0.29, 0.717) is 5.56 Å². The second-order valence-electron chi connectivity index (χ2n) is 5.15. The van der Waals surface area contributed by atoms with Crippen LogP contribution in [-0.2, 0) is 15.1 Å². The Balaban J connectivity index is 2.54. The molecule has 1 atom stereocenters. The number of hydrogen-bond acceptors (Lipinski definition) is 5. The molecule has 0 fully saturated rings. The number of rotatable bonds is 5. The van der Waals surface area contributed by atoms with Crippen molar-refractivity contribution in [1.29, 1.82) is 0 Å². The molecule has 1 N–H and O–H groups in total. The minimum absolute atomic E-state index is 0.0743. The lowest BCUT2D eigenvalue weighted by atomic mass is 9.92. The molecule has 0 saturated carbocycles. The lowest BCUT2D eigenvalue weighted by molar-refractivity contribution is -0.386. The molecule has 0 spiro atoms. The summed E-state index contributed by atoms with van der Waals surface area (Å²) in [4.78, 5) is 22.7. The molecule has 1 unspecified atom stereocenters. The summed E-state index contributed by atoms with van der Waals surface area (Å²) >= 11 is 0. The molecule has 23 heavy (non-hydrogen) atoms. The van der Waals surface area contributed by atoms with Gasteiger partial charge in [0.05, 0.1) is 17.1 Å². The van der Waals surface area contributed by atoms with Crippen LogP contribution in [0, 0.1) is 10.1 Å². The van der Waals surface area contributed by atoms with Gasteiger partial charge in [-0.05, 0) is 31.0 Å². The molecule has 6 heteroatoms. The first-order valence-corrected chi connectivity index (χ1v) is 7.12. The van der Waals surface area contributed by atoms with Crippen LogP contribution < -0.4 is 0 Å². The fourth-order valence-corrected chi connectivity index (χ4v) is 2.29. The molecule has 0 radical (unpaired) electrons. The van der Waals surface area contributed by atoms with Gasteiger partial charge in [0.15, 0.2) is 5.60 Å². The van der Waals surface area contributed by atoms with Crippen molar-refractivity contribution in [2.75, 3.05) is 6.61 Å². The third-order valence-corrected chi connectivity index (χ3v) is 3.50. The number of benzene rings is 2. The summed E-state index contributed by atoms with van der Waals surface area (Å²) in [5.41, 5.74) is -1.09. The third kappa shape index (κ3) is 3.37. The van der Waals surface area contributed by atoms with Gasteiger partial charge in [-0.15, -0.1) is 0 Å². The number of nitrogens with zero attached hydrogens (tertiary/aromatic N) is 1. The molecule has 2 rings (SSSR count). The Morgan fingerprint density at radius 2 is 1.87 bits per heavy atom. The van der Waals surface area contributed by atoms with E-state index in [0.717, 1.165) is 5.56 Å². The van der Waals surface area contributed by atoms with Gasteiger partial charge >= 0.3 is 5.97 Å². The Morgan fingerprint density at radius 1 is 1.22 bits per heavy atom. The first-order chi connectivity index (χ1) is 10.9. The van der Waals surface area contributed by atoms with Crippen molar-refractivity contribution < 1.29 is 19.6 Å². The zero-order chi connectivity index (χ0) is 17.0. The summed E-state index contributed by atoms with van der Waals surface area (Å²) in [6.45, 7) is 2.86. The Hall–Kier alpha value is -2.73. The standard InChI is InChI=1S/C17H17NO5/c1-3-23-16(19)17(2,20)14-10-9-13(11-15(14)18(21)22)12-7-5-4-6-8-12/h4-11,20H,3H2,1-2H3. The Kier molecular flexibility index (Phi) is 4.76. The van der Waals surface area contributed by atoms with Crippen LogP contribution in [0.3, 0.4) is 0 Å². The van der Waals surface area contributed by atoms with Crippen LogP contribution in [-0.4, -0.2) is 22.6 Å². The van der Waals surface area contributed by atoms with Gasteiger partial charge in [-0.3, -0.25) is 10.1 Å². The number of esters is 1. The molecular formula is C17H17NO5. The molecule has 0 saturated heterocycles. The SMILES string of the molecule is CCOC(=O)C(C)(O)c1ccc(-c2ccccc2)cc1[N+](=O)[O-]. The van der Waals surface area contributed by atoms with E-state index in [4.69, 9.17) is 4.74 Å². The van der Waals surface area contributed by atoms with E-state index in [1.165, 1.54) is 19.1 Å². The minimum atomic E-state index is -2.09. The number of carbonyl (C=O) groups is 1. The van der Waals surface area contributed by atoms with Crippen molar-refractivity contribution in [1.82, 2.24) is 0 Å². The predicted octanol–water partition coefficient (Wildman–Crippen LogP) is 3.03. The van der Waals surface area contributed by atoms with Gasteiger partial charge in [0.25, 0.3) is 5.69 Å². The summed E-state index contributed by atoms with van der Waals surface area (Å²) in [5.74, 6) is -0.921. The zero-order valence-electron chi connectivity index (χ0n) is 12.9. The highest BCUT2D eigenvalue weighted by Crippen LogP contribution is 2.34. The number of ether oxygens (including phenoxy) is 1. The van der Waals surface area contributed by atoms with Crippen molar-refractivity contribution in [2.24, 2.45) is 0 Å². The van der Waals surface area contributed by atoms with Crippen LogP contribution in [0.25, 0.3) is 11.1 Å². The van der Waals surface area contributed by atoms with Crippen LogP contribution in [0.1, 0.15) is 19.4 Å². The normalized spacial score (nSPS) is 13.2. The average Bonchev–Trinajstić information content (AvgIpc) is 2.55. The summed E-state index contributed by atoms with van der Waals surface area (Å²) in [5, 5.41) is 21.8. The van der Waals surface area contributed by atoms with Crippen LogP contribution in [0.15, 0.2) is 48.5 Å². The molecule has 0 aliphatic rings.